The zero-order valence-corrected chi connectivity index (χ0v) is 16.7. The summed E-state index contributed by atoms with van der Waals surface area (Å²) in [4.78, 5) is 13.5. The van der Waals surface area contributed by atoms with E-state index in [9.17, 15) is 4.79 Å². The Bertz CT molecular complexity index is 1090. The van der Waals surface area contributed by atoms with Crippen LogP contribution in [0.2, 0.25) is 0 Å². The molecule has 4 rings (SSSR count). The number of amides is 1. The number of hydrogen-bond donors (Lipinski definition) is 1. The Morgan fingerprint density at radius 3 is 2.59 bits per heavy atom. The second-order valence-corrected chi connectivity index (χ2v) is 7.72. The first-order valence-electron chi connectivity index (χ1n) is 8.16. The van der Waals surface area contributed by atoms with Crippen LogP contribution in [0.25, 0.3) is 22.2 Å². The molecule has 134 valence electrons. The molecule has 0 aliphatic heterocycles. The van der Waals surface area contributed by atoms with Crippen LogP contribution in [0.4, 0.5) is 5.69 Å². The van der Waals surface area contributed by atoms with Crippen LogP contribution < -0.4 is 5.32 Å². The zero-order chi connectivity index (χ0) is 18.8. The van der Waals surface area contributed by atoms with E-state index in [2.05, 4.69) is 31.4 Å². The van der Waals surface area contributed by atoms with Gasteiger partial charge in [0.15, 0.2) is 0 Å². The molecule has 0 saturated carbocycles. The molecule has 0 bridgehead atoms. The lowest BCUT2D eigenvalue weighted by Crippen LogP contribution is -2.13. The number of carbonyl (C=O) groups excluding carboxylic acids is 1. The van der Waals surface area contributed by atoms with Crippen molar-refractivity contribution in [3.8, 4) is 22.2 Å². The Morgan fingerprint density at radius 1 is 1.07 bits per heavy atom. The number of aromatic nitrogens is 2. The lowest BCUT2D eigenvalue weighted by molar-refractivity contribution is 0.102. The maximum Gasteiger partial charge on any atom is 0.258 e. The first-order valence-corrected chi connectivity index (χ1v) is 9.83. The summed E-state index contributed by atoms with van der Waals surface area (Å²) in [5, 5.41) is 13.3. The minimum absolute atomic E-state index is 0.194. The highest BCUT2D eigenvalue weighted by Gasteiger charge is 2.19. The number of nitrogens with zero attached hydrogens (tertiary/aromatic N) is 2. The van der Waals surface area contributed by atoms with Gasteiger partial charge in [0.2, 0.25) is 5.89 Å². The number of carbonyl (C=O) groups is 1. The van der Waals surface area contributed by atoms with E-state index in [1.807, 2.05) is 54.8 Å². The number of rotatable bonds is 4. The van der Waals surface area contributed by atoms with E-state index in [4.69, 9.17) is 4.42 Å². The van der Waals surface area contributed by atoms with Crippen LogP contribution >= 0.6 is 27.3 Å². The molecule has 0 aliphatic rings. The van der Waals surface area contributed by atoms with Crippen LogP contribution in [0.3, 0.4) is 0 Å². The van der Waals surface area contributed by atoms with E-state index < -0.39 is 0 Å². The van der Waals surface area contributed by atoms with Crippen LogP contribution in [0.1, 0.15) is 15.9 Å². The highest BCUT2D eigenvalue weighted by atomic mass is 79.9. The molecule has 0 spiro atoms. The Hall–Kier alpha value is -2.77. The minimum atomic E-state index is -0.194. The molecular weight excluding hydrogens is 426 g/mol. The molecule has 0 radical (unpaired) electrons. The summed E-state index contributed by atoms with van der Waals surface area (Å²) in [5.41, 5.74) is 2.78. The van der Waals surface area contributed by atoms with Gasteiger partial charge < -0.3 is 9.73 Å². The van der Waals surface area contributed by atoms with E-state index in [1.54, 1.807) is 12.1 Å². The minimum Gasteiger partial charge on any atom is -0.415 e. The highest BCUT2D eigenvalue weighted by molar-refractivity contribution is 9.10. The SMILES string of the molecule is Cc1cc(Br)cc(-c2nnc(-c3cccs3)o2)c1NC(=O)c1ccccc1. The molecule has 7 heteroatoms. The number of halogens is 1. The lowest BCUT2D eigenvalue weighted by atomic mass is 10.1. The van der Waals surface area contributed by atoms with Crippen LogP contribution in [-0.2, 0) is 0 Å². The van der Waals surface area contributed by atoms with Crippen molar-refractivity contribution in [3.05, 3.63) is 75.6 Å². The van der Waals surface area contributed by atoms with E-state index in [-0.39, 0.29) is 5.91 Å². The molecule has 27 heavy (non-hydrogen) atoms. The van der Waals surface area contributed by atoms with Gasteiger partial charge in [0.05, 0.1) is 16.1 Å². The van der Waals surface area contributed by atoms with Gasteiger partial charge in [-0.1, -0.05) is 40.2 Å². The van der Waals surface area contributed by atoms with Crippen LogP contribution in [0.5, 0.6) is 0 Å². The number of thiophene rings is 1. The third-order valence-corrected chi connectivity index (χ3v) is 5.28. The smallest absolute Gasteiger partial charge is 0.258 e. The summed E-state index contributed by atoms with van der Waals surface area (Å²) in [5.74, 6) is 0.615. The van der Waals surface area contributed by atoms with Crippen molar-refractivity contribution in [2.75, 3.05) is 5.32 Å². The third-order valence-electron chi connectivity index (χ3n) is 3.96. The van der Waals surface area contributed by atoms with Gasteiger partial charge in [-0.3, -0.25) is 4.79 Å². The van der Waals surface area contributed by atoms with E-state index in [0.717, 1.165) is 14.9 Å². The average Bonchev–Trinajstić information content (AvgIpc) is 3.35. The number of anilines is 1. The van der Waals surface area contributed by atoms with Gasteiger partial charge in [0.25, 0.3) is 11.8 Å². The first kappa shape index (κ1) is 17.6. The second-order valence-electron chi connectivity index (χ2n) is 5.86. The summed E-state index contributed by atoms with van der Waals surface area (Å²) in [6, 6.07) is 16.7. The molecule has 0 fully saturated rings. The monoisotopic (exact) mass is 439 g/mol. The molecule has 2 aromatic heterocycles. The fourth-order valence-corrected chi connectivity index (χ4v) is 3.90. The Labute approximate surface area is 168 Å². The molecule has 2 aromatic carbocycles. The van der Waals surface area contributed by atoms with Crippen molar-refractivity contribution < 1.29 is 9.21 Å². The van der Waals surface area contributed by atoms with Crippen LogP contribution in [-0.4, -0.2) is 16.1 Å². The summed E-state index contributed by atoms with van der Waals surface area (Å²) in [7, 11) is 0. The van der Waals surface area contributed by atoms with Crippen LogP contribution in [0.15, 0.2) is 68.9 Å². The average molecular weight is 440 g/mol. The van der Waals surface area contributed by atoms with E-state index in [0.29, 0.717) is 28.6 Å². The molecule has 5 nitrogen and oxygen atoms in total. The van der Waals surface area contributed by atoms with Gasteiger partial charge in [-0.25, -0.2) is 0 Å². The predicted molar refractivity (Wildman–Crippen MR) is 110 cm³/mol. The normalized spacial score (nSPS) is 10.7. The topological polar surface area (TPSA) is 68.0 Å². The lowest BCUT2D eigenvalue weighted by Gasteiger charge is -2.13. The van der Waals surface area contributed by atoms with Crippen LogP contribution in [0, 0.1) is 6.92 Å². The maximum atomic E-state index is 12.6. The van der Waals surface area contributed by atoms with Gasteiger partial charge in [-0.05, 0) is 48.2 Å². The van der Waals surface area contributed by atoms with Gasteiger partial charge in [-0.2, -0.15) is 0 Å². The molecule has 1 N–H and O–H groups in total. The Morgan fingerprint density at radius 2 is 1.85 bits per heavy atom. The fourth-order valence-electron chi connectivity index (χ4n) is 2.68. The summed E-state index contributed by atoms with van der Waals surface area (Å²) >= 11 is 5.03. The molecule has 0 aliphatic carbocycles. The molecule has 2 heterocycles. The van der Waals surface area contributed by atoms with Crippen molar-refractivity contribution >= 4 is 38.9 Å². The standard InChI is InChI=1S/C20H14BrN3O2S/c1-12-10-14(21)11-15(17(12)22-18(25)13-6-3-2-4-7-13)19-23-24-20(26-19)16-8-5-9-27-16/h2-11H,1H3,(H,22,25). The van der Waals surface area contributed by atoms with Crippen molar-refractivity contribution in [2.24, 2.45) is 0 Å². The quantitative estimate of drug-likeness (QED) is 0.436. The first-order chi connectivity index (χ1) is 13.1. The van der Waals surface area contributed by atoms with Crippen molar-refractivity contribution in [2.45, 2.75) is 6.92 Å². The molecule has 1 amide bonds. The molecule has 0 saturated heterocycles. The number of nitrogens with one attached hydrogen (secondary N) is 1. The van der Waals surface area contributed by atoms with Gasteiger partial charge in [0, 0.05) is 10.0 Å². The Kier molecular flexibility index (Phi) is 4.87. The molecule has 4 aromatic rings. The zero-order valence-electron chi connectivity index (χ0n) is 14.3. The van der Waals surface area contributed by atoms with E-state index >= 15 is 0 Å². The second kappa shape index (κ2) is 7.46. The van der Waals surface area contributed by atoms with Gasteiger partial charge in [0.1, 0.15) is 0 Å². The van der Waals surface area contributed by atoms with Gasteiger partial charge >= 0.3 is 0 Å². The maximum absolute atomic E-state index is 12.6. The third kappa shape index (κ3) is 3.70. The van der Waals surface area contributed by atoms with Crippen molar-refractivity contribution in [1.82, 2.24) is 10.2 Å². The molecule has 0 unspecified atom stereocenters. The fraction of sp³-hybridized carbons (Fsp3) is 0.0500. The number of hydrogen-bond acceptors (Lipinski definition) is 5. The Balaban J connectivity index is 1.74. The number of aryl methyl sites for hydroxylation is 1. The summed E-state index contributed by atoms with van der Waals surface area (Å²) in [6.07, 6.45) is 0. The van der Waals surface area contributed by atoms with Gasteiger partial charge in [-0.15, -0.1) is 21.5 Å². The van der Waals surface area contributed by atoms with Crippen molar-refractivity contribution in [1.29, 1.82) is 0 Å². The molecule has 0 atom stereocenters. The van der Waals surface area contributed by atoms with Crippen molar-refractivity contribution in [3.63, 3.8) is 0 Å². The molecular formula is C20H14BrN3O2S. The largest absolute Gasteiger partial charge is 0.415 e. The summed E-state index contributed by atoms with van der Waals surface area (Å²) < 4.78 is 6.73. The highest BCUT2D eigenvalue weighted by Crippen LogP contribution is 2.35. The predicted octanol–water partition coefficient (Wildman–Crippen LogP) is 5.79. The number of benzene rings is 2. The van der Waals surface area contributed by atoms with E-state index in [1.165, 1.54) is 11.3 Å². The summed E-state index contributed by atoms with van der Waals surface area (Å²) in [6.45, 7) is 1.92.